The first-order chi connectivity index (χ1) is 19.2. The highest BCUT2D eigenvalue weighted by molar-refractivity contribution is 8.00. The minimum absolute atomic E-state index is 0.00376. The molecule has 1 aliphatic rings. The van der Waals surface area contributed by atoms with Crippen LogP contribution in [0.3, 0.4) is 0 Å². The highest BCUT2D eigenvalue weighted by atomic mass is 32.2. The van der Waals surface area contributed by atoms with Crippen molar-refractivity contribution in [1.82, 2.24) is 4.57 Å². The van der Waals surface area contributed by atoms with Crippen LogP contribution in [-0.4, -0.2) is 59.1 Å². The van der Waals surface area contributed by atoms with Gasteiger partial charge in [-0.3, -0.25) is 19.7 Å². The first-order valence-electron chi connectivity index (χ1n) is 12.7. The summed E-state index contributed by atoms with van der Waals surface area (Å²) in [4.78, 5) is 54.4. The Bertz CT molecular complexity index is 1510. The number of aromatic nitrogens is 1. The van der Waals surface area contributed by atoms with Gasteiger partial charge in [-0.2, -0.15) is 4.99 Å². The highest BCUT2D eigenvalue weighted by Crippen LogP contribution is 2.40. The number of nitrogens with one attached hydrogen (secondary N) is 1. The number of methoxy groups -OCH3 is 1. The number of benzene rings is 1. The van der Waals surface area contributed by atoms with Crippen LogP contribution in [0.15, 0.2) is 23.2 Å². The van der Waals surface area contributed by atoms with Crippen LogP contribution in [0.25, 0.3) is 10.2 Å². The van der Waals surface area contributed by atoms with Crippen LogP contribution in [0.5, 0.6) is 0 Å². The molecule has 14 heteroatoms. The molecule has 0 bridgehead atoms. The number of nitrogens with zero attached hydrogens (tertiary/aromatic N) is 3. The summed E-state index contributed by atoms with van der Waals surface area (Å²) in [5.41, 5.74) is 2.07. The number of nitro benzene ring substituents is 1. The van der Waals surface area contributed by atoms with Crippen molar-refractivity contribution in [3.8, 4) is 0 Å². The Morgan fingerprint density at radius 3 is 2.80 bits per heavy atom. The predicted octanol–water partition coefficient (Wildman–Crippen LogP) is 4.42. The van der Waals surface area contributed by atoms with Gasteiger partial charge in [0.05, 0.1) is 45.9 Å². The molecule has 2 aromatic heterocycles. The molecule has 1 aliphatic carbocycles. The molecule has 4 rings (SSSR count). The highest BCUT2D eigenvalue weighted by Gasteiger charge is 2.29. The molecule has 0 radical (unpaired) electrons. The average Bonchev–Trinajstić information content (AvgIpc) is 3.44. The fourth-order valence-electron chi connectivity index (χ4n) is 4.47. The fourth-order valence-corrected chi connectivity index (χ4v) is 7.59. The molecular weight excluding hydrogens is 577 g/mol. The number of esters is 1. The van der Waals surface area contributed by atoms with E-state index >= 15 is 0 Å². The number of hydrogen-bond donors (Lipinski definition) is 1. The molecule has 2 heterocycles. The molecule has 0 fully saturated rings. The van der Waals surface area contributed by atoms with Crippen LogP contribution < -0.4 is 10.1 Å². The number of nitro groups is 1. The first kappa shape index (κ1) is 29.9. The third-order valence-corrected chi connectivity index (χ3v) is 9.50. The Kier molecular flexibility index (Phi) is 10.1. The fraction of sp³-hybridized carbons (Fsp3) is 0.462. The first-order valence-corrected chi connectivity index (χ1v) is 15.5. The summed E-state index contributed by atoms with van der Waals surface area (Å²) in [5, 5.41) is 14.5. The summed E-state index contributed by atoms with van der Waals surface area (Å²) in [6, 6.07) is 4.53. The van der Waals surface area contributed by atoms with Crippen molar-refractivity contribution in [2.45, 2.75) is 39.7 Å². The number of hydrogen-bond acceptors (Lipinski definition) is 10. The maximum absolute atomic E-state index is 12.7. The van der Waals surface area contributed by atoms with Crippen LogP contribution in [0.1, 0.15) is 41.1 Å². The van der Waals surface area contributed by atoms with Gasteiger partial charge in [-0.05, 0) is 43.7 Å². The normalized spacial score (nSPS) is 15.2. The van der Waals surface area contributed by atoms with Crippen molar-refractivity contribution in [3.63, 3.8) is 0 Å². The number of thiazole rings is 1. The van der Waals surface area contributed by atoms with Crippen molar-refractivity contribution >= 4 is 73.1 Å². The third-order valence-electron chi connectivity index (χ3n) is 6.37. The maximum Gasteiger partial charge on any atom is 0.341 e. The summed E-state index contributed by atoms with van der Waals surface area (Å²) in [7, 11) is 1.33. The van der Waals surface area contributed by atoms with Gasteiger partial charge in [-0.1, -0.05) is 18.3 Å². The zero-order chi connectivity index (χ0) is 28.8. The number of ether oxygens (including phenoxy) is 2. The minimum Gasteiger partial charge on any atom is -0.465 e. The number of thioether (sulfide) groups is 1. The second-order valence-corrected chi connectivity index (χ2v) is 12.3. The number of thiophene rings is 1. The summed E-state index contributed by atoms with van der Waals surface area (Å²) >= 11 is 3.72. The average molecular weight is 607 g/mol. The van der Waals surface area contributed by atoms with E-state index in [1.165, 1.54) is 41.9 Å². The smallest absolute Gasteiger partial charge is 0.341 e. The lowest BCUT2D eigenvalue weighted by atomic mass is 9.88. The second-order valence-electron chi connectivity index (χ2n) is 9.24. The lowest BCUT2D eigenvalue weighted by molar-refractivity contribution is -0.384. The summed E-state index contributed by atoms with van der Waals surface area (Å²) < 4.78 is 12.9. The zero-order valence-electron chi connectivity index (χ0n) is 22.4. The van der Waals surface area contributed by atoms with Crippen LogP contribution in [0.2, 0.25) is 0 Å². The SMILES string of the molecule is CCOCCn1c(=NC(=O)CSCC(=O)Nc2sc3c(c2C(=O)OC)CCC(C)C3)sc2cc([N+](=O)[O-])ccc21. The van der Waals surface area contributed by atoms with E-state index < -0.39 is 16.8 Å². The van der Waals surface area contributed by atoms with Crippen LogP contribution in [0, 0.1) is 16.0 Å². The van der Waals surface area contributed by atoms with E-state index in [9.17, 15) is 24.5 Å². The number of anilines is 1. The number of rotatable bonds is 11. The quantitative estimate of drug-likeness (QED) is 0.146. The summed E-state index contributed by atoms with van der Waals surface area (Å²) in [6.45, 7) is 5.41. The van der Waals surface area contributed by atoms with Crippen molar-refractivity contribution in [2.24, 2.45) is 10.9 Å². The third kappa shape index (κ3) is 6.97. The molecule has 0 aliphatic heterocycles. The minimum atomic E-state index is -0.465. The number of non-ortho nitro benzene ring substituents is 1. The van der Waals surface area contributed by atoms with Crippen LogP contribution >= 0.6 is 34.4 Å². The molecule has 1 unspecified atom stereocenters. The number of carbonyl (C=O) groups excluding carboxylic acids is 3. The molecule has 1 atom stereocenters. The van der Waals surface area contributed by atoms with E-state index in [0.29, 0.717) is 45.7 Å². The van der Waals surface area contributed by atoms with Gasteiger partial charge in [0.2, 0.25) is 5.91 Å². The van der Waals surface area contributed by atoms with Gasteiger partial charge in [-0.15, -0.1) is 23.1 Å². The summed E-state index contributed by atoms with van der Waals surface area (Å²) in [6.07, 6.45) is 2.61. The molecular formula is C26H30N4O7S3. The molecule has 11 nitrogen and oxygen atoms in total. The van der Waals surface area contributed by atoms with Gasteiger partial charge >= 0.3 is 5.97 Å². The van der Waals surface area contributed by atoms with E-state index in [0.717, 1.165) is 47.0 Å². The molecule has 0 spiro atoms. The van der Waals surface area contributed by atoms with Crippen molar-refractivity contribution in [3.05, 3.63) is 49.1 Å². The van der Waals surface area contributed by atoms with Gasteiger partial charge in [0, 0.05) is 30.2 Å². The molecule has 214 valence electrons. The lowest BCUT2D eigenvalue weighted by Gasteiger charge is -2.18. The Balaban J connectivity index is 1.43. The zero-order valence-corrected chi connectivity index (χ0v) is 24.8. The molecule has 1 N–H and O–H groups in total. The van der Waals surface area contributed by atoms with E-state index in [2.05, 4.69) is 17.2 Å². The van der Waals surface area contributed by atoms with E-state index in [1.54, 1.807) is 6.07 Å². The molecule has 0 saturated heterocycles. The van der Waals surface area contributed by atoms with E-state index in [1.807, 2.05) is 11.5 Å². The van der Waals surface area contributed by atoms with Crippen molar-refractivity contribution < 1.29 is 28.8 Å². The molecule has 40 heavy (non-hydrogen) atoms. The van der Waals surface area contributed by atoms with E-state index in [4.69, 9.17) is 9.47 Å². The summed E-state index contributed by atoms with van der Waals surface area (Å²) in [5.74, 6) is -0.732. The molecule has 1 aromatic carbocycles. The number of carbonyl (C=O) groups is 3. The van der Waals surface area contributed by atoms with Gasteiger partial charge in [0.15, 0.2) is 4.80 Å². The largest absolute Gasteiger partial charge is 0.465 e. The second kappa shape index (κ2) is 13.5. The van der Waals surface area contributed by atoms with Crippen molar-refractivity contribution in [2.75, 3.05) is 37.1 Å². The van der Waals surface area contributed by atoms with Crippen LogP contribution in [-0.2, 0) is 38.4 Å². The monoisotopic (exact) mass is 606 g/mol. The Hall–Kier alpha value is -3.07. The predicted molar refractivity (Wildman–Crippen MR) is 156 cm³/mol. The van der Waals surface area contributed by atoms with Crippen LogP contribution in [0.4, 0.5) is 10.7 Å². The standard InChI is InChI=1S/C26H30N4O7S3/c1-4-37-10-9-29-18-8-6-16(30(34)35)12-20(18)40-26(29)28-22(32)14-38-13-21(31)27-24-23(25(33)36-3)17-7-5-15(2)11-19(17)39-24/h6,8,12,15H,4-5,7,9-11,13-14H2,1-3H3,(H,27,31). The Morgan fingerprint density at radius 1 is 1.27 bits per heavy atom. The number of amides is 2. The van der Waals surface area contributed by atoms with Gasteiger partial charge < -0.3 is 19.4 Å². The molecule has 3 aromatic rings. The van der Waals surface area contributed by atoms with Gasteiger partial charge in [-0.25, -0.2) is 4.79 Å². The lowest BCUT2D eigenvalue weighted by Crippen LogP contribution is -2.21. The van der Waals surface area contributed by atoms with Gasteiger partial charge in [0.25, 0.3) is 11.6 Å². The topological polar surface area (TPSA) is 142 Å². The van der Waals surface area contributed by atoms with E-state index in [-0.39, 0.29) is 23.1 Å². The Labute approximate surface area is 242 Å². The molecule has 2 amide bonds. The Morgan fingerprint density at radius 2 is 2.08 bits per heavy atom. The van der Waals surface area contributed by atoms with Crippen molar-refractivity contribution in [1.29, 1.82) is 0 Å². The van der Waals surface area contributed by atoms with Gasteiger partial charge in [0.1, 0.15) is 5.00 Å². The molecule has 0 saturated carbocycles. The maximum atomic E-state index is 12.7. The number of fused-ring (bicyclic) bond motifs is 2.